The van der Waals surface area contributed by atoms with E-state index in [1.54, 1.807) is 18.2 Å². The van der Waals surface area contributed by atoms with Gasteiger partial charge in [0.15, 0.2) is 6.61 Å². The lowest BCUT2D eigenvalue weighted by atomic mass is 9.97. The van der Waals surface area contributed by atoms with E-state index < -0.39 is 5.97 Å². The Labute approximate surface area is 166 Å². The van der Waals surface area contributed by atoms with Gasteiger partial charge in [0.2, 0.25) is 0 Å². The highest BCUT2D eigenvalue weighted by molar-refractivity contribution is 7.21. The highest BCUT2D eigenvalue weighted by Gasteiger charge is 2.19. The fourth-order valence-corrected chi connectivity index (χ4v) is 4.59. The van der Waals surface area contributed by atoms with Gasteiger partial charge in [-0.1, -0.05) is 40.9 Å². The Balaban J connectivity index is 1.49. The lowest BCUT2D eigenvalue weighted by Gasteiger charge is -2.12. The standard InChI is InChI=1S/C19H19Cl2NO3S/c20-13-6-7-14-15(10-13)26-18(17(14)21)19(24)25-11-16(23)22-9-8-12-4-2-1-3-5-12/h4,6-7,10H,1-3,5,8-9,11H2,(H,22,23). The quantitative estimate of drug-likeness (QED) is 0.513. The smallest absolute Gasteiger partial charge is 0.350 e. The lowest BCUT2D eigenvalue weighted by Crippen LogP contribution is -2.29. The van der Waals surface area contributed by atoms with E-state index in [2.05, 4.69) is 11.4 Å². The Morgan fingerprint density at radius 2 is 2.08 bits per heavy atom. The molecule has 0 fully saturated rings. The summed E-state index contributed by atoms with van der Waals surface area (Å²) in [5.41, 5.74) is 1.39. The molecule has 0 saturated carbocycles. The predicted molar refractivity (Wildman–Crippen MR) is 106 cm³/mol. The topological polar surface area (TPSA) is 55.4 Å². The van der Waals surface area contributed by atoms with E-state index in [9.17, 15) is 9.59 Å². The summed E-state index contributed by atoms with van der Waals surface area (Å²) in [6.45, 7) is 0.244. The van der Waals surface area contributed by atoms with Crippen LogP contribution in [-0.4, -0.2) is 25.0 Å². The fourth-order valence-electron chi connectivity index (χ4n) is 2.91. The van der Waals surface area contributed by atoms with Gasteiger partial charge in [0, 0.05) is 21.7 Å². The summed E-state index contributed by atoms with van der Waals surface area (Å²) >= 11 is 13.4. The van der Waals surface area contributed by atoms with Gasteiger partial charge in [-0.25, -0.2) is 4.79 Å². The molecule has 7 heteroatoms. The van der Waals surface area contributed by atoms with Gasteiger partial charge >= 0.3 is 5.97 Å². The molecule has 0 atom stereocenters. The van der Waals surface area contributed by atoms with Crippen LogP contribution in [0.5, 0.6) is 0 Å². The van der Waals surface area contributed by atoms with Gasteiger partial charge < -0.3 is 10.1 Å². The molecule has 1 N–H and O–H groups in total. The van der Waals surface area contributed by atoms with Crippen LogP contribution in [0.1, 0.15) is 41.8 Å². The zero-order valence-electron chi connectivity index (χ0n) is 14.1. The molecule has 0 aliphatic heterocycles. The molecule has 1 heterocycles. The highest BCUT2D eigenvalue weighted by Crippen LogP contribution is 2.37. The van der Waals surface area contributed by atoms with Crippen molar-refractivity contribution in [3.8, 4) is 0 Å². The molecular weight excluding hydrogens is 393 g/mol. The van der Waals surface area contributed by atoms with Crippen molar-refractivity contribution in [3.05, 3.63) is 44.8 Å². The summed E-state index contributed by atoms with van der Waals surface area (Å²) in [4.78, 5) is 24.4. The number of allylic oxidation sites excluding steroid dienone is 1. The molecule has 0 unspecified atom stereocenters. The maximum absolute atomic E-state index is 12.2. The molecule has 1 amide bonds. The average Bonchev–Trinajstić information content (AvgIpc) is 2.96. The van der Waals surface area contributed by atoms with Crippen LogP contribution in [0.2, 0.25) is 10.0 Å². The van der Waals surface area contributed by atoms with Crippen LogP contribution >= 0.6 is 34.5 Å². The maximum Gasteiger partial charge on any atom is 0.350 e. The van der Waals surface area contributed by atoms with Gasteiger partial charge in [-0.05, 0) is 44.2 Å². The summed E-state index contributed by atoms with van der Waals surface area (Å²) in [7, 11) is 0. The molecule has 0 radical (unpaired) electrons. The number of thiophene rings is 1. The second kappa shape index (κ2) is 8.89. The molecular formula is C19H19Cl2NO3S. The average molecular weight is 412 g/mol. The van der Waals surface area contributed by atoms with Gasteiger partial charge in [0.25, 0.3) is 5.91 Å². The van der Waals surface area contributed by atoms with Gasteiger partial charge in [0.1, 0.15) is 4.88 Å². The predicted octanol–water partition coefficient (Wildman–Crippen LogP) is 5.37. The number of hydrogen-bond donors (Lipinski definition) is 1. The summed E-state index contributed by atoms with van der Waals surface area (Å²) in [6, 6.07) is 5.23. The molecule has 2 aromatic rings. The van der Waals surface area contributed by atoms with E-state index in [0.717, 1.165) is 29.3 Å². The zero-order valence-corrected chi connectivity index (χ0v) is 16.5. The minimum atomic E-state index is -0.600. The number of rotatable bonds is 6. The molecule has 26 heavy (non-hydrogen) atoms. The highest BCUT2D eigenvalue weighted by atomic mass is 35.5. The van der Waals surface area contributed by atoms with Crippen molar-refractivity contribution >= 4 is 56.5 Å². The van der Waals surface area contributed by atoms with E-state index in [-0.39, 0.29) is 17.4 Å². The number of nitrogens with one attached hydrogen (secondary N) is 1. The van der Waals surface area contributed by atoms with Crippen LogP contribution in [0, 0.1) is 0 Å². The third-order valence-corrected chi connectivity index (χ3v) is 6.14. The largest absolute Gasteiger partial charge is 0.451 e. The summed E-state index contributed by atoms with van der Waals surface area (Å²) in [5.74, 6) is -0.910. The van der Waals surface area contributed by atoms with E-state index >= 15 is 0 Å². The molecule has 1 aliphatic carbocycles. The summed E-state index contributed by atoms with van der Waals surface area (Å²) in [6.07, 6.45) is 7.81. The molecule has 0 bridgehead atoms. The Morgan fingerprint density at radius 1 is 1.23 bits per heavy atom. The Hall–Kier alpha value is -1.56. The Kier molecular flexibility index (Phi) is 6.57. The number of hydrogen-bond acceptors (Lipinski definition) is 4. The molecule has 0 spiro atoms. The second-order valence-corrected chi connectivity index (χ2v) is 8.04. The van der Waals surface area contributed by atoms with Crippen LogP contribution in [0.25, 0.3) is 10.1 Å². The number of fused-ring (bicyclic) bond motifs is 1. The Bertz CT molecular complexity index is 860. The Morgan fingerprint density at radius 3 is 2.85 bits per heavy atom. The molecule has 1 aromatic carbocycles. The molecule has 0 saturated heterocycles. The molecule has 3 rings (SSSR count). The first-order valence-corrected chi connectivity index (χ1v) is 10.1. The molecule has 138 valence electrons. The maximum atomic E-state index is 12.2. The molecule has 1 aliphatic rings. The van der Waals surface area contributed by atoms with E-state index in [1.807, 2.05) is 0 Å². The molecule has 1 aromatic heterocycles. The number of benzene rings is 1. The van der Waals surface area contributed by atoms with Gasteiger partial charge in [0.05, 0.1) is 5.02 Å². The summed E-state index contributed by atoms with van der Waals surface area (Å²) < 4.78 is 5.91. The first-order chi connectivity index (χ1) is 12.5. The number of carbonyl (C=O) groups is 2. The van der Waals surface area contributed by atoms with E-state index in [0.29, 0.717) is 16.6 Å². The molecule has 4 nitrogen and oxygen atoms in total. The third kappa shape index (κ3) is 4.78. The zero-order chi connectivity index (χ0) is 18.5. The van der Waals surface area contributed by atoms with Gasteiger partial charge in [-0.3, -0.25) is 4.79 Å². The van der Waals surface area contributed by atoms with Crippen molar-refractivity contribution in [2.75, 3.05) is 13.2 Å². The minimum absolute atomic E-state index is 0.282. The van der Waals surface area contributed by atoms with Crippen LogP contribution in [0.15, 0.2) is 29.8 Å². The number of carbonyl (C=O) groups excluding carboxylic acids is 2. The third-order valence-electron chi connectivity index (χ3n) is 4.26. The number of esters is 1. The van der Waals surface area contributed by atoms with Crippen molar-refractivity contribution in [3.63, 3.8) is 0 Å². The van der Waals surface area contributed by atoms with Crippen LogP contribution in [0.4, 0.5) is 0 Å². The van der Waals surface area contributed by atoms with Gasteiger partial charge in [-0.2, -0.15) is 0 Å². The second-order valence-electron chi connectivity index (χ2n) is 6.17. The fraction of sp³-hybridized carbons (Fsp3) is 0.368. The van der Waals surface area contributed by atoms with E-state index in [1.165, 1.54) is 29.8 Å². The summed E-state index contributed by atoms with van der Waals surface area (Å²) in [5, 5.41) is 4.43. The SMILES string of the molecule is O=C(COC(=O)c1sc2cc(Cl)ccc2c1Cl)NCCC1=CCCCC1. The van der Waals surface area contributed by atoms with Crippen LogP contribution in [-0.2, 0) is 9.53 Å². The van der Waals surface area contributed by atoms with Crippen molar-refractivity contribution < 1.29 is 14.3 Å². The monoisotopic (exact) mass is 411 g/mol. The number of ether oxygens (including phenoxy) is 1. The van der Waals surface area contributed by atoms with Crippen molar-refractivity contribution in [1.82, 2.24) is 5.32 Å². The first-order valence-electron chi connectivity index (χ1n) is 8.54. The van der Waals surface area contributed by atoms with Crippen molar-refractivity contribution in [1.29, 1.82) is 0 Å². The van der Waals surface area contributed by atoms with Crippen LogP contribution < -0.4 is 5.32 Å². The first kappa shape index (κ1) is 19.2. The number of halogens is 2. The van der Waals surface area contributed by atoms with Gasteiger partial charge in [-0.15, -0.1) is 11.3 Å². The van der Waals surface area contributed by atoms with E-state index in [4.69, 9.17) is 27.9 Å². The van der Waals surface area contributed by atoms with Crippen LogP contribution in [0.3, 0.4) is 0 Å². The lowest BCUT2D eigenvalue weighted by molar-refractivity contribution is -0.124. The minimum Gasteiger partial charge on any atom is -0.451 e. The number of amides is 1. The van der Waals surface area contributed by atoms with Crippen molar-refractivity contribution in [2.24, 2.45) is 0 Å². The normalized spacial score (nSPS) is 14.2. The van der Waals surface area contributed by atoms with Crippen molar-refractivity contribution in [2.45, 2.75) is 32.1 Å².